The van der Waals surface area contributed by atoms with Gasteiger partial charge in [0.1, 0.15) is 5.70 Å². The summed E-state index contributed by atoms with van der Waals surface area (Å²) in [5.41, 5.74) is 4.82. The van der Waals surface area contributed by atoms with Crippen molar-refractivity contribution < 1.29 is 14.5 Å². The van der Waals surface area contributed by atoms with E-state index in [2.05, 4.69) is 15.8 Å². The van der Waals surface area contributed by atoms with E-state index in [-0.39, 0.29) is 11.4 Å². The zero-order valence-corrected chi connectivity index (χ0v) is 19.8. The molecule has 0 spiro atoms. The van der Waals surface area contributed by atoms with Crippen LogP contribution in [0.3, 0.4) is 0 Å². The first-order valence-corrected chi connectivity index (χ1v) is 10.9. The van der Waals surface area contributed by atoms with E-state index in [4.69, 9.17) is 0 Å². The molecule has 0 heterocycles. The second-order valence-electron chi connectivity index (χ2n) is 7.76. The summed E-state index contributed by atoms with van der Waals surface area (Å²) >= 11 is 0. The summed E-state index contributed by atoms with van der Waals surface area (Å²) < 4.78 is 0. The minimum Gasteiger partial charge on any atom is -0.378 e. The molecule has 0 aliphatic rings. The molecule has 2 amide bonds. The Bertz CT molecular complexity index is 1310. The quantitative estimate of drug-likeness (QED) is 0.204. The summed E-state index contributed by atoms with van der Waals surface area (Å²) in [4.78, 5) is 38.1. The number of nitro benzene ring substituents is 1. The Morgan fingerprint density at radius 2 is 1.61 bits per heavy atom. The molecule has 0 radical (unpaired) electrons. The molecule has 0 bridgehead atoms. The molecular formula is C27H25N5O4. The first-order valence-electron chi connectivity index (χ1n) is 10.9. The molecule has 3 rings (SSSR count). The minimum absolute atomic E-state index is 0.00119. The highest BCUT2D eigenvalue weighted by Gasteiger charge is 2.14. The van der Waals surface area contributed by atoms with E-state index in [1.54, 1.807) is 54.6 Å². The average molecular weight is 484 g/mol. The van der Waals surface area contributed by atoms with Crippen LogP contribution in [0.1, 0.15) is 21.5 Å². The number of hydrogen-bond donors (Lipinski definition) is 2. The number of para-hydroxylation sites is 1. The smallest absolute Gasteiger partial charge is 0.287 e. The Kier molecular flexibility index (Phi) is 8.82. The fraction of sp³-hybridized carbons (Fsp3) is 0.0741. The van der Waals surface area contributed by atoms with Gasteiger partial charge in [-0.3, -0.25) is 19.7 Å². The average Bonchev–Trinajstić information content (AvgIpc) is 2.89. The number of hydrazone groups is 1. The Morgan fingerprint density at radius 3 is 2.28 bits per heavy atom. The van der Waals surface area contributed by atoms with Gasteiger partial charge < -0.3 is 10.2 Å². The van der Waals surface area contributed by atoms with Crippen molar-refractivity contribution >= 4 is 41.6 Å². The molecule has 0 aromatic heterocycles. The number of nitro groups is 1. The Morgan fingerprint density at radius 1 is 0.944 bits per heavy atom. The second kappa shape index (κ2) is 12.4. The summed E-state index contributed by atoms with van der Waals surface area (Å²) in [6.07, 6.45) is 5.81. The van der Waals surface area contributed by atoms with Crippen molar-refractivity contribution in [2.24, 2.45) is 5.10 Å². The lowest BCUT2D eigenvalue weighted by atomic mass is 10.1. The lowest BCUT2D eigenvalue weighted by Crippen LogP contribution is -2.32. The largest absolute Gasteiger partial charge is 0.378 e. The van der Waals surface area contributed by atoms with Crippen molar-refractivity contribution in [3.63, 3.8) is 0 Å². The standard InChI is InChI=1S/C27H25N5O4/c1-31(2)23-16-14-20(15-17-23)19-24(29-26(33)22-10-4-3-5-11-22)27(34)30-28-18-8-12-21-9-6-7-13-25(21)32(35)36/h3-19H,1-2H3,(H,29,33)(H,30,34)/b12-8+,24-19+,28-18-. The van der Waals surface area contributed by atoms with Crippen molar-refractivity contribution in [1.82, 2.24) is 10.7 Å². The van der Waals surface area contributed by atoms with Crippen LogP contribution in [-0.2, 0) is 4.79 Å². The number of carbonyl (C=O) groups excluding carboxylic acids is 2. The number of carbonyl (C=O) groups is 2. The zero-order valence-electron chi connectivity index (χ0n) is 19.8. The molecule has 2 N–H and O–H groups in total. The number of anilines is 1. The Hall–Kier alpha value is -5.05. The van der Waals surface area contributed by atoms with Gasteiger partial charge in [0.05, 0.1) is 10.5 Å². The molecule has 0 atom stereocenters. The minimum atomic E-state index is -0.633. The van der Waals surface area contributed by atoms with Gasteiger partial charge in [0.2, 0.25) is 0 Å². The summed E-state index contributed by atoms with van der Waals surface area (Å²) in [6.45, 7) is 0. The van der Waals surface area contributed by atoms with Crippen LogP contribution in [-0.4, -0.2) is 37.0 Å². The van der Waals surface area contributed by atoms with Crippen LogP contribution in [0.2, 0.25) is 0 Å². The van der Waals surface area contributed by atoms with Gasteiger partial charge in [0, 0.05) is 37.6 Å². The van der Waals surface area contributed by atoms with Gasteiger partial charge in [0.15, 0.2) is 0 Å². The lowest BCUT2D eigenvalue weighted by molar-refractivity contribution is -0.385. The highest BCUT2D eigenvalue weighted by Crippen LogP contribution is 2.18. The predicted molar refractivity (Wildman–Crippen MR) is 141 cm³/mol. The molecule has 0 saturated heterocycles. The van der Waals surface area contributed by atoms with E-state index in [0.29, 0.717) is 16.7 Å². The molecule has 0 saturated carbocycles. The number of hydrogen-bond acceptors (Lipinski definition) is 6. The number of nitrogens with zero attached hydrogens (tertiary/aromatic N) is 3. The van der Waals surface area contributed by atoms with E-state index in [0.717, 1.165) is 5.69 Å². The molecule has 3 aromatic carbocycles. The third-order valence-electron chi connectivity index (χ3n) is 4.99. The summed E-state index contributed by atoms with van der Waals surface area (Å²) in [5.74, 6) is -1.08. The third-order valence-corrected chi connectivity index (χ3v) is 4.99. The van der Waals surface area contributed by atoms with Gasteiger partial charge in [-0.05, 0) is 54.1 Å². The third kappa shape index (κ3) is 7.22. The SMILES string of the molecule is CN(C)c1ccc(/C=C(/NC(=O)c2ccccc2)C(=O)N/N=C\C=C\c2ccccc2[N+](=O)[O-])cc1. The fourth-order valence-corrected chi connectivity index (χ4v) is 3.12. The maximum absolute atomic E-state index is 12.8. The first-order chi connectivity index (χ1) is 17.3. The van der Waals surface area contributed by atoms with E-state index < -0.39 is 16.7 Å². The highest BCUT2D eigenvalue weighted by molar-refractivity contribution is 6.05. The first kappa shape index (κ1) is 25.6. The maximum Gasteiger partial charge on any atom is 0.287 e. The van der Waals surface area contributed by atoms with E-state index in [1.165, 1.54) is 24.4 Å². The van der Waals surface area contributed by atoms with Gasteiger partial charge in [-0.15, -0.1) is 0 Å². The molecule has 3 aromatic rings. The van der Waals surface area contributed by atoms with Gasteiger partial charge in [-0.2, -0.15) is 5.10 Å². The normalized spacial score (nSPS) is 11.4. The molecule has 0 aliphatic heterocycles. The Balaban J connectivity index is 1.76. The van der Waals surface area contributed by atoms with Crippen LogP contribution in [0.25, 0.3) is 12.2 Å². The molecule has 36 heavy (non-hydrogen) atoms. The van der Waals surface area contributed by atoms with Crippen LogP contribution >= 0.6 is 0 Å². The summed E-state index contributed by atoms with van der Waals surface area (Å²) in [5, 5.41) is 17.6. The number of amides is 2. The van der Waals surface area contributed by atoms with Crippen molar-refractivity contribution in [3.8, 4) is 0 Å². The molecule has 182 valence electrons. The predicted octanol–water partition coefficient (Wildman–Crippen LogP) is 4.25. The number of nitrogens with one attached hydrogen (secondary N) is 2. The van der Waals surface area contributed by atoms with Crippen LogP contribution < -0.4 is 15.6 Å². The summed E-state index contributed by atoms with van der Waals surface area (Å²) in [7, 11) is 3.85. The van der Waals surface area contributed by atoms with Crippen LogP contribution in [0, 0.1) is 10.1 Å². The molecule has 9 nitrogen and oxygen atoms in total. The maximum atomic E-state index is 12.8. The van der Waals surface area contributed by atoms with E-state index in [1.807, 2.05) is 43.3 Å². The van der Waals surface area contributed by atoms with Gasteiger partial charge >= 0.3 is 0 Å². The van der Waals surface area contributed by atoms with Crippen molar-refractivity contribution in [2.75, 3.05) is 19.0 Å². The van der Waals surface area contributed by atoms with E-state index >= 15 is 0 Å². The number of rotatable bonds is 9. The van der Waals surface area contributed by atoms with Gasteiger partial charge in [-0.1, -0.05) is 42.5 Å². The monoisotopic (exact) mass is 483 g/mol. The van der Waals surface area contributed by atoms with Crippen LogP contribution in [0.4, 0.5) is 11.4 Å². The van der Waals surface area contributed by atoms with E-state index in [9.17, 15) is 19.7 Å². The number of allylic oxidation sites excluding steroid dienone is 1. The molecule has 0 fully saturated rings. The Labute approximate surface area is 208 Å². The topological polar surface area (TPSA) is 117 Å². The fourth-order valence-electron chi connectivity index (χ4n) is 3.12. The molecule has 9 heteroatoms. The van der Waals surface area contributed by atoms with Gasteiger partial charge in [-0.25, -0.2) is 5.43 Å². The van der Waals surface area contributed by atoms with Crippen LogP contribution in [0.15, 0.2) is 95.7 Å². The zero-order chi connectivity index (χ0) is 25.9. The molecular weight excluding hydrogens is 458 g/mol. The molecule has 0 aliphatic carbocycles. The highest BCUT2D eigenvalue weighted by atomic mass is 16.6. The lowest BCUT2D eigenvalue weighted by Gasteiger charge is -2.12. The number of benzene rings is 3. The second-order valence-corrected chi connectivity index (χ2v) is 7.76. The van der Waals surface area contributed by atoms with Crippen molar-refractivity contribution in [2.45, 2.75) is 0 Å². The summed E-state index contributed by atoms with van der Waals surface area (Å²) in [6, 6.07) is 22.2. The van der Waals surface area contributed by atoms with Crippen LogP contribution in [0.5, 0.6) is 0 Å². The van der Waals surface area contributed by atoms with Crippen molar-refractivity contribution in [3.05, 3.63) is 117 Å². The van der Waals surface area contributed by atoms with Gasteiger partial charge in [0.25, 0.3) is 17.5 Å². The molecule has 0 unspecified atom stereocenters. The van der Waals surface area contributed by atoms with Crippen molar-refractivity contribution in [1.29, 1.82) is 0 Å².